The van der Waals surface area contributed by atoms with Crippen molar-refractivity contribution in [1.82, 2.24) is 0 Å². The van der Waals surface area contributed by atoms with Crippen LogP contribution in [0.1, 0.15) is 21.7 Å². The van der Waals surface area contributed by atoms with E-state index in [4.69, 9.17) is 9.15 Å². The van der Waals surface area contributed by atoms with Crippen LogP contribution in [0.5, 0.6) is 11.5 Å². The minimum Gasteiger partial charge on any atom is -0.508 e. The molecule has 2 heterocycles. The van der Waals surface area contributed by atoms with Crippen LogP contribution in [-0.4, -0.2) is 22.0 Å². The molecule has 0 fully saturated rings. The van der Waals surface area contributed by atoms with Gasteiger partial charge < -0.3 is 19.4 Å². The van der Waals surface area contributed by atoms with Crippen molar-refractivity contribution in [3.05, 3.63) is 95.1 Å². The lowest BCUT2D eigenvalue weighted by atomic mass is 9.95. The Morgan fingerprint density at radius 3 is 2.14 bits per heavy atom. The number of rotatable bonds is 4. The van der Waals surface area contributed by atoms with Crippen LogP contribution >= 0.6 is 0 Å². The topological polar surface area (TPSA) is 97.0 Å². The molecule has 0 amide bonds. The number of carbonyl (C=O) groups is 2. The third-order valence-corrected chi connectivity index (χ3v) is 4.22. The van der Waals surface area contributed by atoms with E-state index in [9.17, 15) is 19.8 Å². The summed E-state index contributed by atoms with van der Waals surface area (Å²) in [5.74, 6) is -1.00. The molecule has 6 nitrogen and oxygen atoms in total. The fourth-order valence-corrected chi connectivity index (χ4v) is 2.90. The SMILES string of the molecule is O=C1O/C(=C\c2ccc(O)cc2)C(c2ccc(O)cc2)=C1C(=O)c1ccco1. The van der Waals surface area contributed by atoms with E-state index < -0.39 is 11.8 Å². The number of ether oxygens (including phenoxy) is 1. The van der Waals surface area contributed by atoms with Crippen molar-refractivity contribution >= 4 is 23.4 Å². The average molecular weight is 374 g/mol. The zero-order chi connectivity index (χ0) is 19.7. The maximum absolute atomic E-state index is 12.8. The molecule has 2 N–H and O–H groups in total. The summed E-state index contributed by atoms with van der Waals surface area (Å²) in [5.41, 5.74) is 1.36. The van der Waals surface area contributed by atoms with Gasteiger partial charge in [-0.05, 0) is 53.6 Å². The number of Topliss-reactive ketones (excluding diaryl/α,β-unsaturated/α-hetero) is 1. The third-order valence-electron chi connectivity index (χ3n) is 4.22. The molecule has 0 unspecified atom stereocenters. The number of hydrogen-bond donors (Lipinski definition) is 2. The lowest BCUT2D eigenvalue weighted by Crippen LogP contribution is -2.10. The maximum atomic E-state index is 12.8. The summed E-state index contributed by atoms with van der Waals surface area (Å²) >= 11 is 0. The monoisotopic (exact) mass is 374 g/mol. The number of phenolic OH excluding ortho intramolecular Hbond substituents is 2. The fraction of sp³-hybridized carbons (Fsp3) is 0. The normalized spacial score (nSPS) is 15.1. The quantitative estimate of drug-likeness (QED) is 0.408. The van der Waals surface area contributed by atoms with Gasteiger partial charge in [0.25, 0.3) is 0 Å². The van der Waals surface area contributed by atoms with Crippen LogP contribution < -0.4 is 0 Å². The van der Waals surface area contributed by atoms with Gasteiger partial charge in [-0.3, -0.25) is 4.79 Å². The number of esters is 1. The van der Waals surface area contributed by atoms with E-state index in [1.54, 1.807) is 36.4 Å². The molecule has 6 heteroatoms. The Labute approximate surface area is 159 Å². The van der Waals surface area contributed by atoms with Crippen LogP contribution in [0, 0.1) is 0 Å². The zero-order valence-electron chi connectivity index (χ0n) is 14.5. The second-order valence-electron chi connectivity index (χ2n) is 6.09. The predicted molar refractivity (Wildman–Crippen MR) is 100 cm³/mol. The molecule has 0 saturated carbocycles. The van der Waals surface area contributed by atoms with Gasteiger partial charge in [0.1, 0.15) is 22.8 Å². The lowest BCUT2D eigenvalue weighted by molar-refractivity contribution is -0.132. The first-order chi connectivity index (χ1) is 13.5. The molecule has 0 saturated heterocycles. The van der Waals surface area contributed by atoms with Gasteiger partial charge in [0.2, 0.25) is 5.78 Å². The standard InChI is InChI=1S/C22H14O6/c23-15-7-3-13(4-8-15)12-18-19(14-5-9-16(24)10-6-14)20(22(26)28-18)21(25)17-2-1-11-27-17/h1-12,23-24H/b18-12-. The molecule has 1 aliphatic rings. The molecule has 0 bridgehead atoms. The van der Waals surface area contributed by atoms with Crippen molar-refractivity contribution in [2.45, 2.75) is 0 Å². The summed E-state index contributed by atoms with van der Waals surface area (Å²) in [4.78, 5) is 25.4. The zero-order valence-corrected chi connectivity index (χ0v) is 14.5. The fourth-order valence-electron chi connectivity index (χ4n) is 2.90. The minimum absolute atomic E-state index is 0.0223. The number of benzene rings is 2. The highest BCUT2D eigenvalue weighted by molar-refractivity contribution is 6.31. The van der Waals surface area contributed by atoms with Crippen molar-refractivity contribution < 1.29 is 29.0 Å². The Balaban J connectivity index is 1.89. The van der Waals surface area contributed by atoms with E-state index in [0.717, 1.165) is 0 Å². The van der Waals surface area contributed by atoms with E-state index in [1.165, 1.54) is 36.6 Å². The molecule has 0 spiro atoms. The molecule has 138 valence electrons. The van der Waals surface area contributed by atoms with Crippen molar-refractivity contribution in [3.63, 3.8) is 0 Å². The molecule has 2 aromatic carbocycles. The number of hydrogen-bond acceptors (Lipinski definition) is 6. The van der Waals surface area contributed by atoms with E-state index in [-0.39, 0.29) is 28.6 Å². The highest BCUT2D eigenvalue weighted by atomic mass is 16.5. The van der Waals surface area contributed by atoms with Crippen molar-refractivity contribution in [2.24, 2.45) is 0 Å². The molecule has 1 aromatic heterocycles. The van der Waals surface area contributed by atoms with Gasteiger partial charge in [-0.2, -0.15) is 0 Å². The Bertz CT molecular complexity index is 1100. The summed E-state index contributed by atoms with van der Waals surface area (Å²) in [7, 11) is 0. The largest absolute Gasteiger partial charge is 0.508 e. The first-order valence-electron chi connectivity index (χ1n) is 8.38. The number of phenols is 2. The Morgan fingerprint density at radius 2 is 1.54 bits per heavy atom. The van der Waals surface area contributed by atoms with E-state index in [2.05, 4.69) is 0 Å². The molecule has 0 radical (unpaired) electrons. The Kier molecular flexibility index (Phi) is 4.29. The number of cyclic esters (lactones) is 1. The molecule has 1 aliphatic heterocycles. The molecule has 0 atom stereocenters. The Morgan fingerprint density at radius 1 is 0.893 bits per heavy atom. The number of carbonyl (C=O) groups excluding carboxylic acids is 2. The van der Waals surface area contributed by atoms with Crippen LogP contribution in [0.15, 0.2) is 82.7 Å². The van der Waals surface area contributed by atoms with E-state index >= 15 is 0 Å². The van der Waals surface area contributed by atoms with E-state index in [1.807, 2.05) is 0 Å². The molecule has 0 aliphatic carbocycles. The first-order valence-corrected chi connectivity index (χ1v) is 8.38. The highest BCUT2D eigenvalue weighted by Crippen LogP contribution is 2.38. The maximum Gasteiger partial charge on any atom is 0.348 e. The number of allylic oxidation sites excluding steroid dienone is 1. The molecular formula is C22H14O6. The summed E-state index contributed by atoms with van der Waals surface area (Å²) in [5, 5.41) is 19.0. The predicted octanol–water partition coefficient (Wildman–Crippen LogP) is 3.93. The van der Waals surface area contributed by atoms with Crippen LogP contribution in [-0.2, 0) is 9.53 Å². The second-order valence-corrected chi connectivity index (χ2v) is 6.09. The molecule has 28 heavy (non-hydrogen) atoms. The van der Waals surface area contributed by atoms with Crippen molar-refractivity contribution in [3.8, 4) is 11.5 Å². The van der Waals surface area contributed by atoms with E-state index in [0.29, 0.717) is 16.7 Å². The molecular weight excluding hydrogens is 360 g/mol. The van der Waals surface area contributed by atoms with Crippen LogP contribution in [0.25, 0.3) is 11.6 Å². The number of ketones is 1. The van der Waals surface area contributed by atoms with Gasteiger partial charge in [-0.1, -0.05) is 24.3 Å². The van der Waals surface area contributed by atoms with Crippen molar-refractivity contribution in [1.29, 1.82) is 0 Å². The minimum atomic E-state index is -0.783. The van der Waals surface area contributed by atoms with Gasteiger partial charge >= 0.3 is 5.97 Å². The molecule has 3 aromatic rings. The third kappa shape index (κ3) is 3.19. The summed E-state index contributed by atoms with van der Waals surface area (Å²) in [6.07, 6.45) is 2.95. The van der Waals surface area contributed by atoms with Gasteiger partial charge in [0.05, 0.1) is 6.26 Å². The smallest absolute Gasteiger partial charge is 0.348 e. The van der Waals surface area contributed by atoms with Crippen molar-refractivity contribution in [2.75, 3.05) is 0 Å². The van der Waals surface area contributed by atoms with Crippen LogP contribution in [0.4, 0.5) is 0 Å². The second kappa shape index (κ2) is 6.92. The van der Waals surface area contributed by atoms with Gasteiger partial charge in [0, 0.05) is 5.57 Å². The summed E-state index contributed by atoms with van der Waals surface area (Å²) < 4.78 is 10.5. The number of aromatic hydroxyl groups is 2. The summed E-state index contributed by atoms with van der Waals surface area (Å²) in [6.45, 7) is 0. The number of furan rings is 1. The highest BCUT2D eigenvalue weighted by Gasteiger charge is 2.37. The summed E-state index contributed by atoms with van der Waals surface area (Å²) in [6, 6.07) is 15.4. The average Bonchev–Trinajstić information content (AvgIpc) is 3.32. The molecule has 4 rings (SSSR count). The first kappa shape index (κ1) is 17.4. The van der Waals surface area contributed by atoms with Crippen LogP contribution in [0.2, 0.25) is 0 Å². The van der Waals surface area contributed by atoms with Gasteiger partial charge in [-0.25, -0.2) is 4.79 Å². The lowest BCUT2D eigenvalue weighted by Gasteiger charge is -2.06. The van der Waals surface area contributed by atoms with Crippen LogP contribution in [0.3, 0.4) is 0 Å². The van der Waals surface area contributed by atoms with Gasteiger partial charge in [0.15, 0.2) is 5.76 Å². The Hall–Kier alpha value is -4.06. The van der Waals surface area contributed by atoms with Gasteiger partial charge in [-0.15, -0.1) is 0 Å².